The molecule has 1 atom stereocenters. The van der Waals surface area contributed by atoms with Gasteiger partial charge in [-0.2, -0.15) is 0 Å². The van der Waals surface area contributed by atoms with Gasteiger partial charge in [0.25, 0.3) is 0 Å². The maximum atomic E-state index is 5.87. The van der Waals surface area contributed by atoms with E-state index in [1.807, 2.05) is 13.0 Å². The molecule has 0 fully saturated rings. The highest BCUT2D eigenvalue weighted by Gasteiger charge is 2.08. The number of nitrogens with two attached hydrogens (primary N) is 1. The van der Waals surface area contributed by atoms with Crippen molar-refractivity contribution < 1.29 is 0 Å². The van der Waals surface area contributed by atoms with Crippen LogP contribution in [0.2, 0.25) is 0 Å². The summed E-state index contributed by atoms with van der Waals surface area (Å²) in [7, 11) is 0. The summed E-state index contributed by atoms with van der Waals surface area (Å²) in [5.41, 5.74) is 9.56. The van der Waals surface area contributed by atoms with Crippen LogP contribution in [-0.4, -0.2) is 13.1 Å². The first kappa shape index (κ1) is 15.3. The first-order valence-corrected chi connectivity index (χ1v) is 7.33. The number of rotatable bonds is 6. The monoisotopic (exact) mass is 278 g/mol. The Morgan fingerprint density at radius 2 is 1.67 bits per heavy atom. The van der Waals surface area contributed by atoms with Crippen LogP contribution in [0.4, 0.5) is 0 Å². The molecule has 0 aliphatic carbocycles. The number of hydrogen-bond donors (Lipinski definition) is 2. The summed E-state index contributed by atoms with van der Waals surface area (Å²) in [6, 6.07) is 19.2. The molecular formula is C19H22N2. The molecule has 21 heavy (non-hydrogen) atoms. The van der Waals surface area contributed by atoms with E-state index in [2.05, 4.69) is 65.7 Å². The van der Waals surface area contributed by atoms with Crippen molar-refractivity contribution in [3.05, 3.63) is 60.2 Å². The summed E-state index contributed by atoms with van der Waals surface area (Å²) in [4.78, 5) is 0. The summed E-state index contributed by atoms with van der Waals surface area (Å²) < 4.78 is 0. The van der Waals surface area contributed by atoms with Crippen molar-refractivity contribution >= 4 is 0 Å². The van der Waals surface area contributed by atoms with Gasteiger partial charge in [-0.15, -0.1) is 11.8 Å². The van der Waals surface area contributed by atoms with Gasteiger partial charge >= 0.3 is 0 Å². The van der Waals surface area contributed by atoms with Crippen molar-refractivity contribution in [2.24, 2.45) is 5.73 Å². The quantitative estimate of drug-likeness (QED) is 0.628. The molecule has 0 aromatic heterocycles. The normalized spacial score (nSPS) is 11.5. The topological polar surface area (TPSA) is 38.0 Å². The molecule has 0 saturated carbocycles. The first-order chi connectivity index (χ1) is 10.3. The zero-order valence-electron chi connectivity index (χ0n) is 12.5. The zero-order chi connectivity index (χ0) is 14.9. The van der Waals surface area contributed by atoms with Crippen LogP contribution in [0.3, 0.4) is 0 Å². The van der Waals surface area contributed by atoms with Crippen molar-refractivity contribution in [3.8, 4) is 23.0 Å². The maximum Gasteiger partial charge on any atom is 0.0444 e. The lowest BCUT2D eigenvalue weighted by Gasteiger charge is -2.17. The van der Waals surface area contributed by atoms with Crippen LogP contribution in [0.25, 0.3) is 11.1 Å². The second-order valence-corrected chi connectivity index (χ2v) is 4.91. The minimum Gasteiger partial charge on any atom is -0.329 e. The molecule has 1 unspecified atom stereocenters. The van der Waals surface area contributed by atoms with Crippen LogP contribution < -0.4 is 11.1 Å². The first-order valence-electron chi connectivity index (χ1n) is 7.33. The Morgan fingerprint density at radius 3 is 2.29 bits per heavy atom. The average Bonchev–Trinajstić information content (AvgIpc) is 2.56. The van der Waals surface area contributed by atoms with E-state index in [0.29, 0.717) is 6.54 Å². The molecule has 2 aromatic rings. The van der Waals surface area contributed by atoms with Crippen LogP contribution in [0.15, 0.2) is 54.6 Å². The van der Waals surface area contributed by atoms with E-state index in [4.69, 9.17) is 5.73 Å². The predicted molar refractivity (Wildman–Crippen MR) is 89.7 cm³/mol. The fourth-order valence-corrected chi connectivity index (χ4v) is 2.31. The molecule has 0 aliphatic heterocycles. The molecule has 2 heteroatoms. The van der Waals surface area contributed by atoms with Crippen LogP contribution in [0.1, 0.15) is 24.9 Å². The second kappa shape index (κ2) is 8.26. The lowest BCUT2D eigenvalue weighted by Crippen LogP contribution is -2.28. The number of nitrogens with one attached hydrogen (secondary N) is 1. The fourth-order valence-electron chi connectivity index (χ4n) is 2.31. The van der Waals surface area contributed by atoms with E-state index in [1.165, 1.54) is 16.7 Å². The SMILES string of the molecule is CC#CCCNC(CN)c1ccc(-c2ccccc2)cc1. The summed E-state index contributed by atoms with van der Waals surface area (Å²) >= 11 is 0. The van der Waals surface area contributed by atoms with Gasteiger partial charge in [0.1, 0.15) is 0 Å². The molecular weight excluding hydrogens is 256 g/mol. The van der Waals surface area contributed by atoms with Gasteiger partial charge in [-0.1, -0.05) is 54.6 Å². The van der Waals surface area contributed by atoms with E-state index < -0.39 is 0 Å². The minimum atomic E-state index is 0.188. The third-order valence-corrected chi connectivity index (χ3v) is 3.47. The summed E-state index contributed by atoms with van der Waals surface area (Å²) in [5.74, 6) is 5.96. The van der Waals surface area contributed by atoms with Crippen molar-refractivity contribution in [2.45, 2.75) is 19.4 Å². The third-order valence-electron chi connectivity index (χ3n) is 3.47. The smallest absolute Gasteiger partial charge is 0.0444 e. The van der Waals surface area contributed by atoms with Gasteiger partial charge in [0, 0.05) is 25.6 Å². The largest absolute Gasteiger partial charge is 0.329 e. The van der Waals surface area contributed by atoms with Gasteiger partial charge in [-0.05, 0) is 23.6 Å². The minimum absolute atomic E-state index is 0.188. The Hall–Kier alpha value is -2.08. The highest BCUT2D eigenvalue weighted by Crippen LogP contribution is 2.21. The van der Waals surface area contributed by atoms with Gasteiger partial charge < -0.3 is 11.1 Å². The Morgan fingerprint density at radius 1 is 1.00 bits per heavy atom. The van der Waals surface area contributed by atoms with E-state index in [1.54, 1.807) is 0 Å². The molecule has 0 amide bonds. The van der Waals surface area contributed by atoms with Crippen molar-refractivity contribution in [1.82, 2.24) is 5.32 Å². The summed E-state index contributed by atoms with van der Waals surface area (Å²) in [6.07, 6.45) is 0.856. The molecule has 0 spiro atoms. The predicted octanol–water partition coefficient (Wildman–Crippen LogP) is 3.36. The van der Waals surface area contributed by atoms with Crippen molar-refractivity contribution in [3.63, 3.8) is 0 Å². The molecule has 3 N–H and O–H groups in total. The van der Waals surface area contributed by atoms with Gasteiger partial charge in [-0.3, -0.25) is 0 Å². The molecule has 0 saturated heterocycles. The van der Waals surface area contributed by atoms with E-state index in [0.717, 1.165) is 13.0 Å². The Bertz CT molecular complexity index is 591. The highest BCUT2D eigenvalue weighted by atomic mass is 14.9. The fraction of sp³-hybridized carbons (Fsp3) is 0.263. The number of hydrogen-bond acceptors (Lipinski definition) is 2. The van der Waals surface area contributed by atoms with Crippen LogP contribution in [0.5, 0.6) is 0 Å². The van der Waals surface area contributed by atoms with Crippen LogP contribution in [0, 0.1) is 11.8 Å². The summed E-state index contributed by atoms with van der Waals surface area (Å²) in [6.45, 7) is 3.32. The molecule has 0 bridgehead atoms. The molecule has 108 valence electrons. The molecule has 0 heterocycles. The van der Waals surface area contributed by atoms with Crippen molar-refractivity contribution in [1.29, 1.82) is 0 Å². The van der Waals surface area contributed by atoms with Gasteiger partial charge in [0.2, 0.25) is 0 Å². The van der Waals surface area contributed by atoms with Crippen LogP contribution >= 0.6 is 0 Å². The maximum absolute atomic E-state index is 5.87. The standard InChI is InChI=1S/C19H22N2/c1-2-3-7-14-21-19(15-20)18-12-10-17(11-13-18)16-8-5-4-6-9-16/h4-6,8-13,19,21H,7,14-15,20H2,1H3. The molecule has 0 aliphatic rings. The van der Waals surface area contributed by atoms with E-state index >= 15 is 0 Å². The Kier molecular flexibility index (Phi) is 6.02. The third kappa shape index (κ3) is 4.46. The summed E-state index contributed by atoms with van der Waals surface area (Å²) in [5, 5.41) is 3.45. The Balaban J connectivity index is 2.04. The zero-order valence-corrected chi connectivity index (χ0v) is 12.5. The molecule has 2 aromatic carbocycles. The number of benzene rings is 2. The average molecular weight is 278 g/mol. The Labute approximate surface area is 127 Å². The molecule has 2 nitrogen and oxygen atoms in total. The van der Waals surface area contributed by atoms with Gasteiger partial charge in [-0.25, -0.2) is 0 Å². The van der Waals surface area contributed by atoms with Gasteiger partial charge in [0.15, 0.2) is 0 Å². The lowest BCUT2D eigenvalue weighted by molar-refractivity contribution is 0.551. The molecule has 2 rings (SSSR count). The van der Waals surface area contributed by atoms with E-state index in [-0.39, 0.29) is 6.04 Å². The van der Waals surface area contributed by atoms with Gasteiger partial charge in [0.05, 0.1) is 0 Å². The second-order valence-electron chi connectivity index (χ2n) is 4.91. The van der Waals surface area contributed by atoms with Crippen molar-refractivity contribution in [2.75, 3.05) is 13.1 Å². The highest BCUT2D eigenvalue weighted by molar-refractivity contribution is 5.63. The van der Waals surface area contributed by atoms with Crippen LogP contribution in [-0.2, 0) is 0 Å². The lowest BCUT2D eigenvalue weighted by atomic mass is 10.0. The van der Waals surface area contributed by atoms with E-state index in [9.17, 15) is 0 Å². The molecule has 0 radical (unpaired) electrons.